The molecule has 0 aliphatic heterocycles. The van der Waals surface area contributed by atoms with E-state index in [2.05, 4.69) is 29.1 Å². The summed E-state index contributed by atoms with van der Waals surface area (Å²) in [6.45, 7) is 2.69. The Bertz CT molecular complexity index is 495. The van der Waals surface area contributed by atoms with Gasteiger partial charge in [-0.1, -0.05) is 36.0 Å². The van der Waals surface area contributed by atoms with Crippen LogP contribution in [0.5, 0.6) is 0 Å². The molecule has 0 amide bonds. The summed E-state index contributed by atoms with van der Waals surface area (Å²) in [6, 6.07) is 8.31. The van der Waals surface area contributed by atoms with Crippen LogP contribution in [0.1, 0.15) is 16.4 Å². The Morgan fingerprint density at radius 1 is 1.41 bits per heavy atom. The topological polar surface area (TPSA) is 56.7 Å². The quantitative estimate of drug-likeness (QED) is 0.840. The van der Waals surface area contributed by atoms with Crippen molar-refractivity contribution in [3.8, 4) is 0 Å². The summed E-state index contributed by atoms with van der Waals surface area (Å²) in [7, 11) is 1.89. The molecule has 0 aliphatic rings. The zero-order valence-electron chi connectivity index (χ0n) is 10.00. The Kier molecular flexibility index (Phi) is 3.81. The minimum Gasteiger partial charge on any atom is -0.329 e. The van der Waals surface area contributed by atoms with E-state index < -0.39 is 0 Å². The van der Waals surface area contributed by atoms with Crippen molar-refractivity contribution in [3.63, 3.8) is 0 Å². The predicted octanol–water partition coefficient (Wildman–Crippen LogP) is 1.92. The molecule has 0 bridgehead atoms. The minimum absolute atomic E-state index is 0.221. The predicted molar refractivity (Wildman–Crippen MR) is 69.8 cm³/mol. The summed E-state index contributed by atoms with van der Waals surface area (Å²) in [5.41, 5.74) is 8.39. The first-order valence-electron chi connectivity index (χ1n) is 5.48. The van der Waals surface area contributed by atoms with Gasteiger partial charge in [0.1, 0.15) is 6.33 Å². The van der Waals surface area contributed by atoms with Gasteiger partial charge in [-0.15, -0.1) is 0 Å². The zero-order valence-corrected chi connectivity index (χ0v) is 10.8. The molecule has 0 radical (unpaired) electrons. The van der Waals surface area contributed by atoms with Gasteiger partial charge in [0.05, 0.1) is 0 Å². The molecular formula is C12H16N4S. The molecule has 2 N–H and O–H groups in total. The number of rotatable bonds is 4. The third-order valence-electron chi connectivity index (χ3n) is 2.67. The van der Waals surface area contributed by atoms with Crippen LogP contribution in [-0.4, -0.2) is 21.3 Å². The first-order valence-corrected chi connectivity index (χ1v) is 6.36. The fraction of sp³-hybridized carbons (Fsp3) is 0.333. The highest BCUT2D eigenvalue weighted by molar-refractivity contribution is 7.99. The van der Waals surface area contributed by atoms with Gasteiger partial charge in [0.2, 0.25) is 0 Å². The summed E-state index contributed by atoms with van der Waals surface area (Å²) < 4.78 is 1.77. The molecule has 0 spiro atoms. The lowest BCUT2D eigenvalue weighted by atomic mass is 10.1. The van der Waals surface area contributed by atoms with Gasteiger partial charge in [0, 0.05) is 18.8 Å². The summed E-state index contributed by atoms with van der Waals surface area (Å²) in [6.07, 6.45) is 1.56. The van der Waals surface area contributed by atoms with E-state index in [1.807, 2.05) is 19.2 Å². The highest BCUT2D eigenvalue weighted by Gasteiger charge is 2.15. The van der Waals surface area contributed by atoms with E-state index in [9.17, 15) is 0 Å². The number of aromatic nitrogens is 3. The Balaban J connectivity index is 2.23. The van der Waals surface area contributed by atoms with Crippen molar-refractivity contribution in [2.24, 2.45) is 12.8 Å². The van der Waals surface area contributed by atoms with Gasteiger partial charge in [-0.05, 0) is 18.1 Å². The van der Waals surface area contributed by atoms with Crippen molar-refractivity contribution in [3.05, 3.63) is 41.7 Å². The molecule has 2 aromatic rings. The van der Waals surface area contributed by atoms with E-state index in [0.29, 0.717) is 6.54 Å². The van der Waals surface area contributed by atoms with E-state index in [1.54, 1.807) is 22.8 Å². The van der Waals surface area contributed by atoms with Gasteiger partial charge in [-0.3, -0.25) is 0 Å². The molecular weight excluding hydrogens is 232 g/mol. The molecule has 1 unspecified atom stereocenters. The molecule has 0 saturated carbocycles. The molecule has 17 heavy (non-hydrogen) atoms. The Morgan fingerprint density at radius 2 is 2.18 bits per heavy atom. The van der Waals surface area contributed by atoms with Crippen molar-refractivity contribution in [1.82, 2.24) is 14.8 Å². The summed E-state index contributed by atoms with van der Waals surface area (Å²) in [5.74, 6) is 0. The molecule has 0 aliphatic carbocycles. The molecule has 1 aromatic heterocycles. The monoisotopic (exact) mass is 248 g/mol. The van der Waals surface area contributed by atoms with Gasteiger partial charge in [0.15, 0.2) is 5.16 Å². The molecule has 0 fully saturated rings. The van der Waals surface area contributed by atoms with E-state index in [0.717, 1.165) is 5.16 Å². The van der Waals surface area contributed by atoms with Gasteiger partial charge < -0.3 is 5.73 Å². The lowest BCUT2D eigenvalue weighted by Crippen LogP contribution is -2.11. The normalized spacial score (nSPS) is 12.6. The third kappa shape index (κ3) is 2.68. The van der Waals surface area contributed by atoms with Crippen LogP contribution >= 0.6 is 11.8 Å². The first-order chi connectivity index (χ1) is 8.22. The van der Waals surface area contributed by atoms with Crippen molar-refractivity contribution in [2.45, 2.75) is 17.3 Å². The van der Waals surface area contributed by atoms with Crippen LogP contribution in [0.25, 0.3) is 0 Å². The Hall–Kier alpha value is -1.33. The standard InChI is InChI=1S/C12H16N4S/c1-9-5-3-4-6-10(9)11(7-13)17-12-14-8-15-16(12)2/h3-6,8,11H,7,13H2,1-2H3. The Labute approximate surface area is 105 Å². The molecule has 2 rings (SSSR count). The van der Waals surface area contributed by atoms with Crippen molar-refractivity contribution in [2.75, 3.05) is 6.54 Å². The molecule has 4 nitrogen and oxygen atoms in total. The SMILES string of the molecule is Cc1ccccc1C(CN)Sc1ncnn1C. The number of nitrogens with two attached hydrogens (primary N) is 1. The number of nitrogens with zero attached hydrogens (tertiary/aromatic N) is 3. The fourth-order valence-corrected chi connectivity index (χ4v) is 2.76. The van der Waals surface area contributed by atoms with E-state index >= 15 is 0 Å². The number of hydrogen-bond donors (Lipinski definition) is 1. The van der Waals surface area contributed by atoms with E-state index in [-0.39, 0.29) is 5.25 Å². The highest BCUT2D eigenvalue weighted by Crippen LogP contribution is 2.34. The maximum absolute atomic E-state index is 5.86. The minimum atomic E-state index is 0.221. The van der Waals surface area contributed by atoms with Crippen LogP contribution in [0, 0.1) is 6.92 Å². The summed E-state index contributed by atoms with van der Waals surface area (Å²) in [4.78, 5) is 4.22. The second kappa shape index (κ2) is 5.33. The average molecular weight is 248 g/mol. The molecule has 1 heterocycles. The maximum Gasteiger partial charge on any atom is 0.186 e. The molecule has 0 saturated heterocycles. The van der Waals surface area contributed by atoms with Gasteiger partial charge in [-0.25, -0.2) is 9.67 Å². The lowest BCUT2D eigenvalue weighted by molar-refractivity contribution is 0.682. The molecule has 90 valence electrons. The van der Waals surface area contributed by atoms with E-state index in [1.165, 1.54) is 11.1 Å². The van der Waals surface area contributed by atoms with Crippen molar-refractivity contribution < 1.29 is 0 Å². The largest absolute Gasteiger partial charge is 0.329 e. The van der Waals surface area contributed by atoms with Crippen molar-refractivity contribution in [1.29, 1.82) is 0 Å². The van der Waals surface area contributed by atoms with Crippen molar-refractivity contribution >= 4 is 11.8 Å². The fourth-order valence-electron chi connectivity index (χ4n) is 1.71. The van der Waals surface area contributed by atoms with Gasteiger partial charge in [-0.2, -0.15) is 5.10 Å². The van der Waals surface area contributed by atoms with Gasteiger partial charge >= 0.3 is 0 Å². The third-order valence-corrected chi connectivity index (χ3v) is 3.98. The molecule has 5 heteroatoms. The van der Waals surface area contributed by atoms with Crippen LogP contribution in [0.3, 0.4) is 0 Å². The maximum atomic E-state index is 5.86. The number of aryl methyl sites for hydroxylation is 2. The number of hydrogen-bond acceptors (Lipinski definition) is 4. The summed E-state index contributed by atoms with van der Waals surface area (Å²) >= 11 is 1.65. The second-order valence-electron chi connectivity index (χ2n) is 3.87. The molecule has 1 aromatic carbocycles. The van der Waals surface area contributed by atoms with Gasteiger partial charge in [0.25, 0.3) is 0 Å². The van der Waals surface area contributed by atoms with E-state index in [4.69, 9.17) is 5.73 Å². The highest BCUT2D eigenvalue weighted by atomic mass is 32.2. The van der Waals surface area contributed by atoms with Crippen LogP contribution in [0.2, 0.25) is 0 Å². The zero-order chi connectivity index (χ0) is 12.3. The molecule has 1 atom stereocenters. The van der Waals surface area contributed by atoms with Crippen LogP contribution in [0.15, 0.2) is 35.7 Å². The average Bonchev–Trinajstić information content (AvgIpc) is 2.73. The number of benzene rings is 1. The summed E-state index contributed by atoms with van der Waals surface area (Å²) in [5, 5.41) is 5.18. The smallest absolute Gasteiger partial charge is 0.186 e. The second-order valence-corrected chi connectivity index (χ2v) is 5.03. The first kappa shape index (κ1) is 12.1. The van der Waals surface area contributed by atoms with Crippen LogP contribution in [-0.2, 0) is 7.05 Å². The Morgan fingerprint density at radius 3 is 2.76 bits per heavy atom. The number of thioether (sulfide) groups is 1. The lowest BCUT2D eigenvalue weighted by Gasteiger charge is -2.16. The van der Waals surface area contributed by atoms with Crippen LogP contribution < -0.4 is 5.73 Å². The van der Waals surface area contributed by atoms with Crippen LogP contribution in [0.4, 0.5) is 0 Å².